The van der Waals surface area contributed by atoms with Crippen LogP contribution in [0.5, 0.6) is 23.0 Å². The molecule has 8 heteroatoms. The van der Waals surface area contributed by atoms with Gasteiger partial charge in [0.25, 0.3) is 0 Å². The first kappa shape index (κ1) is 23.2. The van der Waals surface area contributed by atoms with E-state index in [2.05, 4.69) is 0 Å². The molecule has 1 atom stereocenters. The molecular weight excluding hydrogens is 464 g/mol. The third kappa shape index (κ3) is 3.96. The first-order valence-electron chi connectivity index (χ1n) is 11.2. The van der Waals surface area contributed by atoms with Gasteiger partial charge in [-0.15, -0.1) is 0 Å². The molecule has 36 heavy (non-hydrogen) atoms. The first-order valence-corrected chi connectivity index (χ1v) is 11.2. The molecule has 0 spiro atoms. The van der Waals surface area contributed by atoms with Gasteiger partial charge in [-0.1, -0.05) is 18.2 Å². The van der Waals surface area contributed by atoms with Crippen LogP contribution in [0, 0.1) is 0 Å². The van der Waals surface area contributed by atoms with Crippen LogP contribution < -0.4 is 18.9 Å². The van der Waals surface area contributed by atoms with Gasteiger partial charge in [0.15, 0.2) is 5.76 Å². The highest BCUT2D eigenvalue weighted by Gasteiger charge is 2.39. The molecule has 3 aromatic rings. The number of hydrogen-bond donors (Lipinski definition) is 0. The zero-order chi connectivity index (χ0) is 25.4. The maximum atomic E-state index is 13.2. The Morgan fingerprint density at radius 3 is 2.42 bits per heavy atom. The highest BCUT2D eigenvalue weighted by atomic mass is 16.5. The number of carbonyl (C=O) groups excluding carboxylic acids is 3. The van der Waals surface area contributed by atoms with Gasteiger partial charge in [0.05, 0.1) is 38.9 Å². The van der Waals surface area contributed by atoms with Crippen molar-refractivity contribution in [3.05, 3.63) is 88.2 Å². The zero-order valence-electron chi connectivity index (χ0n) is 19.8. The van der Waals surface area contributed by atoms with Gasteiger partial charge in [0, 0.05) is 23.1 Å². The summed E-state index contributed by atoms with van der Waals surface area (Å²) in [6.07, 6.45) is 1.66. The molecule has 0 saturated heterocycles. The lowest BCUT2D eigenvalue weighted by Gasteiger charge is -2.27. The van der Waals surface area contributed by atoms with Crippen LogP contribution in [-0.2, 0) is 9.53 Å². The van der Waals surface area contributed by atoms with Crippen molar-refractivity contribution < 1.29 is 38.1 Å². The molecule has 0 N–H and O–H groups in total. The van der Waals surface area contributed by atoms with Crippen molar-refractivity contribution in [2.45, 2.75) is 12.3 Å². The lowest BCUT2D eigenvalue weighted by atomic mass is 9.84. The van der Waals surface area contributed by atoms with Crippen LogP contribution >= 0.6 is 0 Å². The molecule has 182 valence electrons. The number of hydrogen-bond acceptors (Lipinski definition) is 8. The Morgan fingerprint density at radius 2 is 1.72 bits per heavy atom. The second-order valence-electron chi connectivity index (χ2n) is 8.25. The lowest BCUT2D eigenvalue weighted by molar-refractivity contribution is -0.135. The van der Waals surface area contributed by atoms with Crippen LogP contribution in [0.3, 0.4) is 0 Å². The molecule has 0 amide bonds. The van der Waals surface area contributed by atoms with E-state index in [0.29, 0.717) is 45.3 Å². The number of benzene rings is 3. The predicted octanol–water partition coefficient (Wildman–Crippen LogP) is 4.55. The molecule has 2 aliphatic heterocycles. The fourth-order valence-electron chi connectivity index (χ4n) is 4.46. The van der Waals surface area contributed by atoms with E-state index in [1.165, 1.54) is 7.11 Å². The average molecular weight is 486 g/mol. The number of methoxy groups -OCH3 is 3. The molecule has 3 aromatic carbocycles. The topological polar surface area (TPSA) is 97.4 Å². The van der Waals surface area contributed by atoms with Crippen LogP contribution in [0.1, 0.15) is 49.7 Å². The highest BCUT2D eigenvalue weighted by molar-refractivity contribution is 6.15. The fourth-order valence-corrected chi connectivity index (χ4v) is 4.46. The van der Waals surface area contributed by atoms with Crippen molar-refractivity contribution in [3.63, 3.8) is 0 Å². The van der Waals surface area contributed by atoms with Gasteiger partial charge in [-0.25, -0.2) is 4.79 Å². The van der Waals surface area contributed by atoms with E-state index in [4.69, 9.17) is 23.7 Å². The number of carbonyl (C=O) groups is 3. The fraction of sp³-hybridized carbons (Fsp3) is 0.179. The minimum Gasteiger partial charge on any atom is -0.497 e. The van der Waals surface area contributed by atoms with Crippen molar-refractivity contribution in [1.82, 2.24) is 0 Å². The summed E-state index contributed by atoms with van der Waals surface area (Å²) < 4.78 is 27.2. The monoisotopic (exact) mass is 486 g/mol. The second-order valence-corrected chi connectivity index (χ2v) is 8.25. The van der Waals surface area contributed by atoms with E-state index in [1.54, 1.807) is 68.8 Å². The second kappa shape index (κ2) is 9.22. The zero-order valence-corrected chi connectivity index (χ0v) is 19.8. The third-order valence-corrected chi connectivity index (χ3v) is 6.23. The van der Waals surface area contributed by atoms with Gasteiger partial charge in [-0.2, -0.15) is 0 Å². The Labute approximate surface area is 207 Å². The Kier molecular flexibility index (Phi) is 5.93. The molecule has 0 aromatic heterocycles. The quantitative estimate of drug-likeness (QED) is 0.294. The van der Waals surface area contributed by atoms with Gasteiger partial charge in [0.1, 0.15) is 23.0 Å². The summed E-state index contributed by atoms with van der Waals surface area (Å²) in [4.78, 5) is 37.4. The van der Waals surface area contributed by atoms with E-state index in [9.17, 15) is 14.4 Å². The van der Waals surface area contributed by atoms with E-state index < -0.39 is 17.9 Å². The molecule has 0 aliphatic carbocycles. The van der Waals surface area contributed by atoms with Gasteiger partial charge in [-0.3, -0.25) is 9.59 Å². The molecule has 0 radical (unpaired) electrons. The molecule has 0 fully saturated rings. The number of Topliss-reactive ketones (excluding diaryl/α,β-unsaturated/α-hetero) is 1. The maximum absolute atomic E-state index is 13.2. The van der Waals surface area contributed by atoms with E-state index >= 15 is 0 Å². The molecule has 0 unspecified atom stereocenters. The smallest absolute Gasteiger partial charge is 0.337 e. The van der Waals surface area contributed by atoms with Crippen LogP contribution in [-0.4, -0.2) is 39.1 Å². The summed E-state index contributed by atoms with van der Waals surface area (Å²) in [7, 11) is 4.42. The molecule has 5 rings (SSSR count). The average Bonchev–Trinajstić information content (AvgIpc) is 3.22. The molecule has 2 aliphatic rings. The number of ketones is 1. The van der Waals surface area contributed by atoms with Crippen LogP contribution in [0.25, 0.3) is 6.08 Å². The summed E-state index contributed by atoms with van der Waals surface area (Å²) >= 11 is 0. The largest absolute Gasteiger partial charge is 0.497 e. The van der Waals surface area contributed by atoms with Crippen molar-refractivity contribution in [2.75, 3.05) is 21.3 Å². The summed E-state index contributed by atoms with van der Waals surface area (Å²) in [5.41, 5.74) is 2.80. The minimum absolute atomic E-state index is 0.0533. The number of allylic oxidation sites excluding steroid dienone is 1. The van der Waals surface area contributed by atoms with Crippen LogP contribution in [0.2, 0.25) is 0 Å². The van der Waals surface area contributed by atoms with Crippen molar-refractivity contribution in [2.24, 2.45) is 0 Å². The number of ether oxygens (including phenoxy) is 5. The van der Waals surface area contributed by atoms with E-state index in [0.717, 1.165) is 5.56 Å². The Bertz CT molecular complexity index is 1420. The Morgan fingerprint density at radius 1 is 0.944 bits per heavy atom. The van der Waals surface area contributed by atoms with Gasteiger partial charge < -0.3 is 23.7 Å². The van der Waals surface area contributed by atoms with Gasteiger partial charge in [-0.05, 0) is 42.0 Å². The number of esters is 2. The molecule has 0 saturated carbocycles. The van der Waals surface area contributed by atoms with E-state index in [-0.39, 0.29) is 18.0 Å². The summed E-state index contributed by atoms with van der Waals surface area (Å²) in [6.45, 7) is 0. The molecular formula is C28H22O8. The van der Waals surface area contributed by atoms with Crippen molar-refractivity contribution in [1.29, 1.82) is 0 Å². The summed E-state index contributed by atoms with van der Waals surface area (Å²) in [5, 5.41) is 0. The Hall–Kier alpha value is -4.59. The normalized spacial score (nSPS) is 17.1. The first-order chi connectivity index (χ1) is 17.4. The van der Waals surface area contributed by atoms with Gasteiger partial charge in [0.2, 0.25) is 5.78 Å². The SMILES string of the molecule is COC(=O)c1ccc(/C=C2\Oc3c(ccc4c3[C@@H](c3ccc(OC)cc3OC)CC(=O)O4)C2=O)cc1. The summed E-state index contributed by atoms with van der Waals surface area (Å²) in [5.74, 6) is 0.389. The van der Waals surface area contributed by atoms with Crippen molar-refractivity contribution >= 4 is 23.8 Å². The van der Waals surface area contributed by atoms with Gasteiger partial charge >= 0.3 is 11.9 Å². The summed E-state index contributed by atoms with van der Waals surface area (Å²) in [6, 6.07) is 15.2. The number of fused-ring (bicyclic) bond motifs is 3. The third-order valence-electron chi connectivity index (χ3n) is 6.23. The highest BCUT2D eigenvalue weighted by Crippen LogP contribution is 2.50. The molecule has 8 nitrogen and oxygen atoms in total. The lowest BCUT2D eigenvalue weighted by Crippen LogP contribution is -2.22. The van der Waals surface area contributed by atoms with Crippen molar-refractivity contribution in [3.8, 4) is 23.0 Å². The molecule has 0 bridgehead atoms. The minimum atomic E-state index is -0.455. The van der Waals surface area contributed by atoms with Crippen LogP contribution in [0.4, 0.5) is 0 Å². The maximum Gasteiger partial charge on any atom is 0.337 e. The standard InChI is InChI=1S/C28H22O8/c1-32-17-8-9-18(22(13-17)33-2)20-14-24(29)35-21-11-10-19-26(30)23(36-27(19)25(20)21)12-15-4-6-16(7-5-15)28(31)34-3/h4-13,20H,14H2,1-3H3/b23-12-/t20-/m1/s1. The van der Waals surface area contributed by atoms with Crippen LogP contribution in [0.15, 0.2) is 60.4 Å². The number of rotatable bonds is 5. The Balaban J connectivity index is 1.56. The molecule has 2 heterocycles. The predicted molar refractivity (Wildman–Crippen MR) is 129 cm³/mol. The van der Waals surface area contributed by atoms with E-state index in [1.807, 2.05) is 6.07 Å².